The van der Waals surface area contributed by atoms with Gasteiger partial charge in [0, 0.05) is 24.6 Å². The van der Waals surface area contributed by atoms with E-state index in [-0.39, 0.29) is 11.8 Å². The maximum absolute atomic E-state index is 12.3. The van der Waals surface area contributed by atoms with Crippen LogP contribution in [-0.2, 0) is 0 Å². The molecule has 0 saturated carbocycles. The molecule has 1 N–H and O–H groups in total. The molecular weight excluding hydrogens is 258 g/mol. The number of hydrogen-bond donors (Lipinski definition) is 1. The van der Waals surface area contributed by atoms with Gasteiger partial charge in [0.2, 0.25) is 5.89 Å². The lowest BCUT2D eigenvalue weighted by molar-refractivity contribution is 0.0706. The zero-order valence-electron chi connectivity index (χ0n) is 10.9. The molecule has 6 nitrogen and oxygen atoms in total. The number of H-pyrrole nitrogens is 1. The highest BCUT2D eigenvalue weighted by Crippen LogP contribution is 2.26. The van der Waals surface area contributed by atoms with Crippen molar-refractivity contribution < 1.29 is 9.21 Å². The molecule has 104 valence electrons. The number of amides is 1. The molecule has 1 saturated heterocycles. The molecule has 1 aromatic carbocycles. The fourth-order valence-electron chi connectivity index (χ4n) is 2.51. The molecule has 0 atom stereocenters. The lowest BCUT2D eigenvalue weighted by Gasteiger charge is -2.30. The highest BCUT2D eigenvalue weighted by molar-refractivity contribution is 5.94. The number of aromatic amines is 1. The van der Waals surface area contributed by atoms with Gasteiger partial charge in [0.05, 0.1) is 0 Å². The highest BCUT2D eigenvalue weighted by Gasteiger charge is 2.27. The van der Waals surface area contributed by atoms with Gasteiger partial charge in [-0.3, -0.25) is 4.79 Å². The summed E-state index contributed by atoms with van der Waals surface area (Å²) in [6.07, 6.45) is 1.51. The molecule has 1 fully saturated rings. The summed E-state index contributed by atoms with van der Waals surface area (Å²) in [5.74, 6) is 0.0749. The summed E-state index contributed by atoms with van der Waals surface area (Å²) in [7, 11) is 0. The van der Waals surface area contributed by atoms with Crippen LogP contribution in [0.1, 0.15) is 35.0 Å². The second-order valence-corrected chi connectivity index (χ2v) is 4.88. The molecule has 0 unspecified atom stereocenters. The van der Waals surface area contributed by atoms with Crippen LogP contribution in [0.4, 0.5) is 0 Å². The molecular formula is C14H15N3O3. The van der Waals surface area contributed by atoms with E-state index in [1.54, 1.807) is 0 Å². The van der Waals surface area contributed by atoms with E-state index in [0.717, 1.165) is 12.8 Å². The number of likely N-dealkylation sites (tertiary alicyclic amines) is 1. The van der Waals surface area contributed by atoms with Gasteiger partial charge in [0.15, 0.2) is 0 Å². The SMILES string of the molecule is O=C(c1ccccc1)N1CCC(c2n[nH]c(=O)o2)CC1. The molecule has 1 amide bonds. The quantitative estimate of drug-likeness (QED) is 0.896. The predicted molar refractivity (Wildman–Crippen MR) is 71.4 cm³/mol. The van der Waals surface area contributed by atoms with Crippen molar-refractivity contribution in [2.24, 2.45) is 0 Å². The van der Waals surface area contributed by atoms with Crippen LogP contribution in [0.15, 0.2) is 39.5 Å². The number of carbonyl (C=O) groups is 1. The number of nitrogens with zero attached hydrogens (tertiary/aromatic N) is 2. The van der Waals surface area contributed by atoms with Gasteiger partial charge in [-0.05, 0) is 25.0 Å². The second kappa shape index (κ2) is 5.32. The van der Waals surface area contributed by atoms with E-state index in [9.17, 15) is 9.59 Å². The zero-order valence-corrected chi connectivity index (χ0v) is 10.9. The number of carbonyl (C=O) groups excluding carboxylic acids is 1. The Bertz CT molecular complexity index is 639. The third kappa shape index (κ3) is 2.49. The van der Waals surface area contributed by atoms with Crippen LogP contribution in [0.3, 0.4) is 0 Å². The van der Waals surface area contributed by atoms with Gasteiger partial charge in [-0.1, -0.05) is 18.2 Å². The van der Waals surface area contributed by atoms with E-state index < -0.39 is 5.76 Å². The highest BCUT2D eigenvalue weighted by atomic mass is 16.4. The maximum Gasteiger partial charge on any atom is 0.434 e. The summed E-state index contributed by atoms with van der Waals surface area (Å²) in [5.41, 5.74) is 0.706. The molecule has 20 heavy (non-hydrogen) atoms. The van der Waals surface area contributed by atoms with Crippen LogP contribution >= 0.6 is 0 Å². The number of aromatic nitrogens is 2. The van der Waals surface area contributed by atoms with Crippen LogP contribution < -0.4 is 5.76 Å². The van der Waals surface area contributed by atoms with Crippen LogP contribution in [0.25, 0.3) is 0 Å². The van der Waals surface area contributed by atoms with E-state index in [2.05, 4.69) is 10.2 Å². The van der Waals surface area contributed by atoms with E-state index in [1.807, 2.05) is 35.2 Å². The molecule has 2 aromatic rings. The number of nitrogens with one attached hydrogen (secondary N) is 1. The smallest absolute Gasteiger partial charge is 0.392 e. The average Bonchev–Trinajstić information content (AvgIpc) is 2.94. The first kappa shape index (κ1) is 12.7. The van der Waals surface area contributed by atoms with E-state index in [0.29, 0.717) is 24.5 Å². The summed E-state index contributed by atoms with van der Waals surface area (Å²) in [4.78, 5) is 25.0. The molecule has 3 rings (SSSR count). The molecule has 0 radical (unpaired) electrons. The zero-order chi connectivity index (χ0) is 13.9. The van der Waals surface area contributed by atoms with Crippen LogP contribution in [0, 0.1) is 0 Å². The minimum atomic E-state index is -0.525. The van der Waals surface area contributed by atoms with Gasteiger partial charge < -0.3 is 9.32 Å². The van der Waals surface area contributed by atoms with Gasteiger partial charge in [-0.15, -0.1) is 5.10 Å². The van der Waals surface area contributed by atoms with Crippen LogP contribution in [0.5, 0.6) is 0 Å². The number of benzene rings is 1. The van der Waals surface area contributed by atoms with Crippen molar-refractivity contribution in [2.45, 2.75) is 18.8 Å². The maximum atomic E-state index is 12.3. The van der Waals surface area contributed by atoms with Crippen molar-refractivity contribution in [2.75, 3.05) is 13.1 Å². The monoisotopic (exact) mass is 273 g/mol. The van der Waals surface area contributed by atoms with Gasteiger partial charge in [-0.2, -0.15) is 0 Å². The largest absolute Gasteiger partial charge is 0.434 e. The topological polar surface area (TPSA) is 79.2 Å². The summed E-state index contributed by atoms with van der Waals surface area (Å²) >= 11 is 0. The summed E-state index contributed by atoms with van der Waals surface area (Å²) in [5, 5.41) is 6.13. The molecule has 0 spiro atoms. The Morgan fingerprint density at radius 3 is 2.55 bits per heavy atom. The number of piperidine rings is 1. The molecule has 0 aliphatic carbocycles. The first-order chi connectivity index (χ1) is 9.74. The Morgan fingerprint density at radius 1 is 1.25 bits per heavy atom. The third-order valence-corrected chi connectivity index (χ3v) is 3.61. The van der Waals surface area contributed by atoms with Crippen molar-refractivity contribution in [1.82, 2.24) is 15.1 Å². The first-order valence-corrected chi connectivity index (χ1v) is 6.64. The predicted octanol–water partition coefficient (Wildman–Crippen LogP) is 1.38. The number of hydrogen-bond acceptors (Lipinski definition) is 4. The second-order valence-electron chi connectivity index (χ2n) is 4.88. The third-order valence-electron chi connectivity index (χ3n) is 3.61. The Kier molecular flexibility index (Phi) is 3.37. The van der Waals surface area contributed by atoms with E-state index >= 15 is 0 Å². The number of rotatable bonds is 2. The average molecular weight is 273 g/mol. The van der Waals surface area contributed by atoms with Crippen molar-refractivity contribution in [3.63, 3.8) is 0 Å². The Hall–Kier alpha value is -2.37. The molecule has 1 aliphatic heterocycles. The first-order valence-electron chi connectivity index (χ1n) is 6.64. The lowest BCUT2D eigenvalue weighted by Crippen LogP contribution is -2.38. The summed E-state index contributed by atoms with van der Waals surface area (Å²) in [6.45, 7) is 1.30. The molecule has 6 heteroatoms. The van der Waals surface area contributed by atoms with Crippen molar-refractivity contribution in [3.05, 3.63) is 52.3 Å². The van der Waals surface area contributed by atoms with Crippen molar-refractivity contribution >= 4 is 5.91 Å². The Morgan fingerprint density at radius 2 is 1.95 bits per heavy atom. The summed E-state index contributed by atoms with van der Waals surface area (Å²) in [6, 6.07) is 9.25. The normalized spacial score (nSPS) is 16.3. The van der Waals surface area contributed by atoms with Crippen molar-refractivity contribution in [3.8, 4) is 0 Å². The van der Waals surface area contributed by atoms with E-state index in [4.69, 9.17) is 4.42 Å². The fraction of sp³-hybridized carbons (Fsp3) is 0.357. The van der Waals surface area contributed by atoms with Crippen LogP contribution in [0.2, 0.25) is 0 Å². The van der Waals surface area contributed by atoms with Gasteiger partial charge in [-0.25, -0.2) is 9.89 Å². The van der Waals surface area contributed by atoms with Gasteiger partial charge in [0.25, 0.3) is 5.91 Å². The molecule has 1 aliphatic rings. The molecule has 1 aromatic heterocycles. The van der Waals surface area contributed by atoms with Crippen LogP contribution in [-0.4, -0.2) is 34.1 Å². The Balaban J connectivity index is 1.64. The minimum Gasteiger partial charge on any atom is -0.392 e. The Labute approximate surface area is 115 Å². The lowest BCUT2D eigenvalue weighted by atomic mass is 9.96. The standard InChI is InChI=1S/C14H15N3O3/c18-13(11-4-2-1-3-5-11)17-8-6-10(7-9-17)12-15-16-14(19)20-12/h1-5,10H,6-9H2,(H,16,19). The van der Waals surface area contributed by atoms with Gasteiger partial charge in [0.1, 0.15) is 0 Å². The van der Waals surface area contributed by atoms with Gasteiger partial charge >= 0.3 is 5.76 Å². The molecule has 2 heterocycles. The summed E-state index contributed by atoms with van der Waals surface area (Å²) < 4.78 is 4.98. The molecule has 0 bridgehead atoms. The minimum absolute atomic E-state index is 0.0486. The van der Waals surface area contributed by atoms with Crippen molar-refractivity contribution in [1.29, 1.82) is 0 Å². The van der Waals surface area contributed by atoms with E-state index in [1.165, 1.54) is 0 Å². The fourth-order valence-corrected chi connectivity index (χ4v) is 2.51.